The number of aryl methyl sites for hydroxylation is 1. The fourth-order valence-corrected chi connectivity index (χ4v) is 2.64. The minimum Gasteiger partial charge on any atom is -0.114 e. The molecule has 0 aliphatic heterocycles. The van der Waals surface area contributed by atoms with Gasteiger partial charge in [0.25, 0.3) is 0 Å². The average molecular weight is 395 g/mol. The van der Waals surface area contributed by atoms with Crippen LogP contribution in [0, 0.1) is 0 Å². The molecule has 0 saturated carbocycles. The quantitative estimate of drug-likeness (QED) is 0.221. The smallest absolute Gasteiger partial charge is 0.0169 e. The molecule has 2 heteroatoms. The third kappa shape index (κ3) is 12.4. The molecule has 1 aromatic carbocycles. The van der Waals surface area contributed by atoms with Gasteiger partial charge in [0.15, 0.2) is 0 Å². The van der Waals surface area contributed by atoms with Crippen LogP contribution in [-0.2, 0) is 6.42 Å². The van der Waals surface area contributed by atoms with Gasteiger partial charge in [-0.15, -0.1) is 26.2 Å². The first-order valence-corrected chi connectivity index (χ1v) is 9.20. The number of hydrogen-bond donors (Lipinski definition) is 0. The van der Waals surface area contributed by atoms with E-state index in [1.54, 1.807) is 0 Å². The Kier molecular flexibility index (Phi) is 15.8. The van der Waals surface area contributed by atoms with E-state index in [9.17, 15) is 0 Å². The molecule has 0 spiro atoms. The molecule has 0 bridgehead atoms. The Balaban J connectivity index is 0.00000484. The van der Waals surface area contributed by atoms with E-state index < -0.39 is 0 Å². The second-order valence-corrected chi connectivity index (χ2v) is 6.24. The molecule has 0 aliphatic rings. The highest BCUT2D eigenvalue weighted by molar-refractivity contribution is 8.93. The van der Waals surface area contributed by atoms with Crippen LogP contribution in [0.4, 0.5) is 0 Å². The van der Waals surface area contributed by atoms with Crippen LogP contribution in [0.15, 0.2) is 60.7 Å². The SMILES string of the molecule is Br.CCCCCC=CCC=CCC=CCCc1ccccc1P. The number of allylic oxidation sites excluding steroid dienone is 6. The second kappa shape index (κ2) is 16.2. The van der Waals surface area contributed by atoms with Gasteiger partial charge in [-0.3, -0.25) is 0 Å². The summed E-state index contributed by atoms with van der Waals surface area (Å²) in [4.78, 5) is 0. The van der Waals surface area contributed by atoms with Crippen molar-refractivity contribution in [1.82, 2.24) is 0 Å². The van der Waals surface area contributed by atoms with Gasteiger partial charge in [0, 0.05) is 0 Å². The molecule has 0 aromatic heterocycles. The van der Waals surface area contributed by atoms with Gasteiger partial charge in [0.2, 0.25) is 0 Å². The van der Waals surface area contributed by atoms with Crippen molar-refractivity contribution in [1.29, 1.82) is 0 Å². The Bertz CT molecular complexity index is 474. The highest BCUT2D eigenvalue weighted by Gasteiger charge is 1.94. The summed E-state index contributed by atoms with van der Waals surface area (Å²) in [7, 11) is 2.81. The fourth-order valence-electron chi connectivity index (χ4n) is 2.29. The van der Waals surface area contributed by atoms with Crippen molar-refractivity contribution in [3.8, 4) is 0 Å². The zero-order valence-corrected chi connectivity index (χ0v) is 17.3. The molecule has 1 aromatic rings. The summed E-state index contributed by atoms with van der Waals surface area (Å²) in [5, 5.41) is 1.32. The summed E-state index contributed by atoms with van der Waals surface area (Å²) in [6.07, 6.45) is 23.3. The number of halogens is 1. The van der Waals surface area contributed by atoms with Crippen molar-refractivity contribution >= 4 is 31.5 Å². The molecule has 0 fully saturated rings. The van der Waals surface area contributed by atoms with Gasteiger partial charge in [0.1, 0.15) is 0 Å². The second-order valence-electron chi connectivity index (χ2n) is 5.62. The molecule has 128 valence electrons. The summed E-state index contributed by atoms with van der Waals surface area (Å²) < 4.78 is 0. The molecule has 0 aliphatic carbocycles. The molecule has 0 N–H and O–H groups in total. The predicted molar refractivity (Wildman–Crippen MR) is 115 cm³/mol. The zero-order valence-electron chi connectivity index (χ0n) is 14.4. The van der Waals surface area contributed by atoms with Crippen molar-refractivity contribution < 1.29 is 0 Å². The van der Waals surface area contributed by atoms with Crippen molar-refractivity contribution in [3.05, 3.63) is 66.3 Å². The topological polar surface area (TPSA) is 0 Å². The summed E-state index contributed by atoms with van der Waals surface area (Å²) in [6, 6.07) is 8.57. The number of hydrogen-bond acceptors (Lipinski definition) is 0. The van der Waals surface area contributed by atoms with Gasteiger partial charge in [0.05, 0.1) is 0 Å². The van der Waals surface area contributed by atoms with Crippen LogP contribution in [0.2, 0.25) is 0 Å². The maximum Gasteiger partial charge on any atom is -0.0169 e. The summed E-state index contributed by atoms with van der Waals surface area (Å²) in [5.41, 5.74) is 1.43. The van der Waals surface area contributed by atoms with E-state index in [0.29, 0.717) is 0 Å². The molecule has 0 heterocycles. The van der Waals surface area contributed by atoms with E-state index in [4.69, 9.17) is 0 Å². The molecule has 0 saturated heterocycles. The first-order chi connectivity index (χ1) is 10.8. The molecule has 23 heavy (non-hydrogen) atoms. The lowest BCUT2D eigenvalue weighted by molar-refractivity contribution is 0.728. The standard InChI is InChI=1S/C21H31P.BrH/c1-2-3-4-5-6-7-8-9-10-11-12-13-14-17-20-18-15-16-19-21(20)22;/h6-7,9-10,12-13,15-16,18-19H,2-5,8,11,14,17,22H2,1H3;1H. The Morgan fingerprint density at radius 3 is 2.09 bits per heavy atom. The minimum absolute atomic E-state index is 0. The zero-order chi connectivity index (χ0) is 15.9. The molecule has 1 atom stereocenters. The largest absolute Gasteiger partial charge is 0.114 e. The van der Waals surface area contributed by atoms with Crippen molar-refractivity contribution in [2.24, 2.45) is 0 Å². The maximum atomic E-state index is 2.81. The van der Waals surface area contributed by atoms with Crippen LogP contribution in [0.5, 0.6) is 0 Å². The third-order valence-electron chi connectivity index (χ3n) is 3.65. The molecule has 0 nitrogen and oxygen atoms in total. The van der Waals surface area contributed by atoms with Crippen LogP contribution >= 0.6 is 26.2 Å². The number of rotatable bonds is 11. The molecular formula is C21H32BrP. The van der Waals surface area contributed by atoms with Gasteiger partial charge in [-0.05, 0) is 49.4 Å². The Morgan fingerprint density at radius 2 is 1.43 bits per heavy atom. The van der Waals surface area contributed by atoms with Crippen LogP contribution in [0.3, 0.4) is 0 Å². The van der Waals surface area contributed by atoms with Gasteiger partial charge < -0.3 is 0 Å². The van der Waals surface area contributed by atoms with Crippen molar-refractivity contribution in [2.45, 2.75) is 58.3 Å². The summed E-state index contributed by atoms with van der Waals surface area (Å²) in [6.45, 7) is 2.25. The summed E-state index contributed by atoms with van der Waals surface area (Å²) >= 11 is 0. The molecular weight excluding hydrogens is 363 g/mol. The lowest BCUT2D eigenvalue weighted by atomic mass is 10.1. The van der Waals surface area contributed by atoms with Gasteiger partial charge in [-0.2, -0.15) is 0 Å². The highest BCUT2D eigenvalue weighted by Crippen LogP contribution is 2.05. The van der Waals surface area contributed by atoms with E-state index in [2.05, 4.69) is 76.9 Å². The minimum atomic E-state index is 0. The van der Waals surface area contributed by atoms with Gasteiger partial charge in [-0.1, -0.05) is 80.5 Å². The molecule has 1 rings (SSSR count). The maximum absolute atomic E-state index is 2.81. The first-order valence-electron chi connectivity index (χ1n) is 8.63. The molecule has 0 radical (unpaired) electrons. The highest BCUT2D eigenvalue weighted by atomic mass is 79.9. The monoisotopic (exact) mass is 394 g/mol. The van der Waals surface area contributed by atoms with E-state index >= 15 is 0 Å². The van der Waals surface area contributed by atoms with E-state index in [-0.39, 0.29) is 17.0 Å². The van der Waals surface area contributed by atoms with Crippen LogP contribution in [0.25, 0.3) is 0 Å². The number of benzene rings is 1. The summed E-state index contributed by atoms with van der Waals surface area (Å²) in [5.74, 6) is 0. The molecule has 1 unspecified atom stereocenters. The first kappa shape index (κ1) is 22.4. The van der Waals surface area contributed by atoms with E-state index in [0.717, 1.165) is 25.7 Å². The van der Waals surface area contributed by atoms with Crippen molar-refractivity contribution in [2.75, 3.05) is 0 Å². The Labute approximate surface area is 156 Å². The average Bonchev–Trinajstić information content (AvgIpc) is 2.53. The predicted octanol–water partition coefficient (Wildman–Crippen LogP) is 6.73. The third-order valence-corrected chi connectivity index (χ3v) is 4.22. The van der Waals surface area contributed by atoms with Crippen molar-refractivity contribution in [3.63, 3.8) is 0 Å². The lowest BCUT2D eigenvalue weighted by Gasteiger charge is -2.01. The van der Waals surface area contributed by atoms with Crippen LogP contribution in [0.1, 0.15) is 57.4 Å². The molecule has 0 amide bonds. The number of unbranched alkanes of at least 4 members (excludes halogenated alkanes) is 3. The van der Waals surface area contributed by atoms with E-state index in [1.165, 1.54) is 36.6 Å². The van der Waals surface area contributed by atoms with Crippen LogP contribution in [-0.4, -0.2) is 0 Å². The Morgan fingerprint density at radius 1 is 0.826 bits per heavy atom. The van der Waals surface area contributed by atoms with E-state index in [1.807, 2.05) is 0 Å². The fraction of sp³-hybridized carbons (Fsp3) is 0.429. The Hall–Kier alpha value is -0.650. The van der Waals surface area contributed by atoms with Crippen LogP contribution < -0.4 is 5.30 Å². The van der Waals surface area contributed by atoms with Gasteiger partial charge in [-0.25, -0.2) is 0 Å². The lowest BCUT2D eigenvalue weighted by Crippen LogP contribution is -1.99. The normalized spacial score (nSPS) is 11.6. The van der Waals surface area contributed by atoms with Gasteiger partial charge >= 0.3 is 0 Å².